The van der Waals surface area contributed by atoms with Gasteiger partial charge in [0, 0.05) is 28.8 Å². The van der Waals surface area contributed by atoms with Crippen molar-refractivity contribution < 1.29 is 14.7 Å². The number of hydrogen-bond acceptors (Lipinski definition) is 3. The molecule has 0 aromatic heterocycles. The van der Waals surface area contributed by atoms with Gasteiger partial charge >= 0.3 is 0 Å². The lowest BCUT2D eigenvalue weighted by Gasteiger charge is -2.17. The van der Waals surface area contributed by atoms with E-state index >= 15 is 0 Å². The lowest BCUT2D eigenvalue weighted by atomic mass is 9.91. The van der Waals surface area contributed by atoms with E-state index in [0.717, 1.165) is 11.1 Å². The number of nitrogens with zero attached hydrogens (tertiary/aromatic N) is 1. The smallest absolute Gasteiger partial charge is 0.255 e. The van der Waals surface area contributed by atoms with Crippen LogP contribution in [0.4, 0.5) is 0 Å². The molecule has 1 aliphatic rings. The predicted molar refractivity (Wildman–Crippen MR) is 119 cm³/mol. The fourth-order valence-corrected chi connectivity index (χ4v) is 3.53. The maximum atomic E-state index is 12.7. The summed E-state index contributed by atoms with van der Waals surface area (Å²) in [4.78, 5) is 29.2. The van der Waals surface area contributed by atoms with E-state index in [2.05, 4.69) is 4.99 Å². The summed E-state index contributed by atoms with van der Waals surface area (Å²) < 4.78 is 0. The standard InChI is InChI=1S/C23H24Cl2N2O3/c24-18-5-1-15(2-6-18)11-17(21(26)27-22(30)23(14-28)9-10-23)13-20(29)12-16-3-7-19(25)8-4-16/h1-8,17,28H,9-14H2,(H2,26,27,30)/t17-/m1/s1. The van der Waals surface area contributed by atoms with Crippen LogP contribution >= 0.6 is 23.2 Å². The van der Waals surface area contributed by atoms with E-state index in [-0.39, 0.29) is 31.1 Å². The van der Waals surface area contributed by atoms with Gasteiger partial charge in [-0.2, -0.15) is 4.99 Å². The molecule has 0 radical (unpaired) electrons. The van der Waals surface area contributed by atoms with E-state index in [1.54, 1.807) is 24.3 Å². The van der Waals surface area contributed by atoms with Crippen LogP contribution in [0.5, 0.6) is 0 Å². The third-order valence-electron chi connectivity index (χ3n) is 5.44. The molecule has 1 amide bonds. The Labute approximate surface area is 185 Å². The molecule has 1 atom stereocenters. The highest BCUT2D eigenvalue weighted by atomic mass is 35.5. The Morgan fingerprint density at radius 1 is 1.00 bits per heavy atom. The number of nitrogens with two attached hydrogens (primary N) is 1. The molecule has 0 unspecified atom stereocenters. The molecule has 2 aromatic rings. The molecule has 2 aromatic carbocycles. The van der Waals surface area contributed by atoms with E-state index in [4.69, 9.17) is 28.9 Å². The molecular formula is C23H24Cl2N2O3. The molecule has 0 saturated heterocycles. The molecule has 5 nitrogen and oxygen atoms in total. The first-order chi connectivity index (χ1) is 14.3. The zero-order valence-electron chi connectivity index (χ0n) is 16.5. The third kappa shape index (κ3) is 5.91. The zero-order valence-corrected chi connectivity index (χ0v) is 18.0. The van der Waals surface area contributed by atoms with Crippen molar-refractivity contribution in [2.75, 3.05) is 6.61 Å². The van der Waals surface area contributed by atoms with Crippen molar-refractivity contribution in [1.82, 2.24) is 0 Å². The Morgan fingerprint density at radius 3 is 2.03 bits per heavy atom. The number of benzene rings is 2. The summed E-state index contributed by atoms with van der Waals surface area (Å²) in [5.41, 5.74) is 7.20. The van der Waals surface area contributed by atoms with Crippen LogP contribution in [-0.2, 0) is 22.4 Å². The second-order valence-corrected chi connectivity index (χ2v) is 8.73. The predicted octanol–water partition coefficient (Wildman–Crippen LogP) is 4.01. The Hall–Kier alpha value is -2.21. The minimum atomic E-state index is -0.789. The number of amidine groups is 1. The van der Waals surface area contributed by atoms with Gasteiger partial charge in [0.15, 0.2) is 0 Å². The molecule has 1 fully saturated rings. The highest BCUT2D eigenvalue weighted by Gasteiger charge is 2.49. The van der Waals surface area contributed by atoms with Crippen molar-refractivity contribution in [1.29, 1.82) is 0 Å². The van der Waals surface area contributed by atoms with Gasteiger partial charge in [-0.25, -0.2) is 0 Å². The number of hydrogen-bond donors (Lipinski definition) is 2. The van der Waals surface area contributed by atoms with Gasteiger partial charge in [0.25, 0.3) is 5.91 Å². The monoisotopic (exact) mass is 446 g/mol. The second-order valence-electron chi connectivity index (χ2n) is 7.85. The van der Waals surface area contributed by atoms with Gasteiger partial charge in [-0.1, -0.05) is 47.5 Å². The number of carbonyl (C=O) groups excluding carboxylic acids is 2. The van der Waals surface area contributed by atoms with Crippen LogP contribution in [-0.4, -0.2) is 29.2 Å². The van der Waals surface area contributed by atoms with Gasteiger partial charge in [-0.15, -0.1) is 0 Å². The molecule has 3 rings (SSSR count). The largest absolute Gasteiger partial charge is 0.395 e. The molecule has 3 N–H and O–H groups in total. The number of carbonyl (C=O) groups is 2. The summed E-state index contributed by atoms with van der Waals surface area (Å²) in [6.45, 7) is -0.236. The van der Waals surface area contributed by atoms with Crippen LogP contribution in [0.3, 0.4) is 0 Å². The lowest BCUT2D eigenvalue weighted by molar-refractivity contribution is -0.124. The average Bonchev–Trinajstić information content (AvgIpc) is 3.52. The van der Waals surface area contributed by atoms with Gasteiger partial charge in [0.2, 0.25) is 0 Å². The van der Waals surface area contributed by atoms with Crippen LogP contribution in [0, 0.1) is 11.3 Å². The molecule has 0 spiro atoms. The fraction of sp³-hybridized carbons (Fsp3) is 0.348. The first-order valence-electron chi connectivity index (χ1n) is 9.81. The Balaban J connectivity index is 1.75. The summed E-state index contributed by atoms with van der Waals surface area (Å²) in [6.07, 6.45) is 2.07. The van der Waals surface area contributed by atoms with E-state index < -0.39 is 17.2 Å². The molecular weight excluding hydrogens is 423 g/mol. The summed E-state index contributed by atoms with van der Waals surface area (Å²) in [5, 5.41) is 10.7. The van der Waals surface area contributed by atoms with Gasteiger partial charge in [-0.3, -0.25) is 9.59 Å². The molecule has 0 aliphatic heterocycles. The molecule has 7 heteroatoms. The second kappa shape index (κ2) is 9.73. The lowest BCUT2D eigenvalue weighted by Crippen LogP contribution is -2.31. The van der Waals surface area contributed by atoms with Crippen molar-refractivity contribution in [3.05, 3.63) is 69.7 Å². The summed E-state index contributed by atoms with van der Waals surface area (Å²) in [6, 6.07) is 14.4. The van der Waals surface area contributed by atoms with Crippen LogP contribution in [0.2, 0.25) is 10.0 Å². The minimum Gasteiger partial charge on any atom is -0.395 e. The van der Waals surface area contributed by atoms with Crippen molar-refractivity contribution in [2.24, 2.45) is 22.1 Å². The van der Waals surface area contributed by atoms with Crippen LogP contribution < -0.4 is 5.73 Å². The zero-order chi connectivity index (χ0) is 21.7. The molecule has 30 heavy (non-hydrogen) atoms. The number of halogens is 2. The molecule has 158 valence electrons. The van der Waals surface area contributed by atoms with E-state index in [9.17, 15) is 14.7 Å². The Kier molecular flexibility index (Phi) is 7.29. The highest BCUT2D eigenvalue weighted by molar-refractivity contribution is 6.30. The minimum absolute atomic E-state index is 0.00909. The average molecular weight is 447 g/mol. The quantitative estimate of drug-likeness (QED) is 0.449. The molecule has 1 saturated carbocycles. The number of rotatable bonds is 9. The van der Waals surface area contributed by atoms with Gasteiger partial charge < -0.3 is 10.8 Å². The van der Waals surface area contributed by atoms with Crippen molar-refractivity contribution >= 4 is 40.7 Å². The summed E-state index contributed by atoms with van der Waals surface area (Å²) >= 11 is 11.9. The van der Waals surface area contributed by atoms with Crippen LogP contribution in [0.15, 0.2) is 53.5 Å². The van der Waals surface area contributed by atoms with Crippen molar-refractivity contribution in [2.45, 2.75) is 32.1 Å². The molecule has 1 aliphatic carbocycles. The first kappa shape index (κ1) is 22.5. The third-order valence-corrected chi connectivity index (χ3v) is 5.95. The van der Waals surface area contributed by atoms with Crippen LogP contribution in [0.1, 0.15) is 30.4 Å². The number of ketones is 1. The molecule has 0 heterocycles. The summed E-state index contributed by atoms with van der Waals surface area (Å²) in [5.74, 6) is -0.720. The van der Waals surface area contributed by atoms with E-state index in [1.807, 2.05) is 24.3 Å². The number of amides is 1. The topological polar surface area (TPSA) is 92.8 Å². The van der Waals surface area contributed by atoms with E-state index in [1.165, 1.54) is 0 Å². The van der Waals surface area contributed by atoms with Gasteiger partial charge in [0.1, 0.15) is 11.6 Å². The maximum absolute atomic E-state index is 12.7. The number of Topliss-reactive ketones (excluding diaryl/α,β-unsaturated/α-hetero) is 1. The number of aliphatic hydroxyl groups excluding tert-OH is 1. The first-order valence-corrected chi connectivity index (χ1v) is 10.6. The fourth-order valence-electron chi connectivity index (χ4n) is 3.28. The number of aliphatic hydroxyl groups is 1. The Morgan fingerprint density at radius 2 is 1.53 bits per heavy atom. The van der Waals surface area contributed by atoms with Gasteiger partial charge in [-0.05, 0) is 54.7 Å². The highest BCUT2D eigenvalue weighted by Crippen LogP contribution is 2.46. The van der Waals surface area contributed by atoms with Crippen LogP contribution in [0.25, 0.3) is 0 Å². The maximum Gasteiger partial charge on any atom is 0.255 e. The molecule has 0 bridgehead atoms. The normalized spacial score (nSPS) is 16.2. The summed E-state index contributed by atoms with van der Waals surface area (Å²) in [7, 11) is 0. The van der Waals surface area contributed by atoms with Crippen molar-refractivity contribution in [3.63, 3.8) is 0 Å². The van der Waals surface area contributed by atoms with Gasteiger partial charge in [0.05, 0.1) is 12.0 Å². The SMILES string of the molecule is NC(=NC(=O)C1(CO)CC1)[C@@H](CC(=O)Cc1ccc(Cl)cc1)Cc1ccc(Cl)cc1. The van der Waals surface area contributed by atoms with Crippen molar-refractivity contribution in [3.8, 4) is 0 Å². The van der Waals surface area contributed by atoms with E-state index in [0.29, 0.717) is 29.3 Å². The Bertz CT molecular complexity index is 936. The number of aliphatic imine (C=N–C) groups is 1.